The summed E-state index contributed by atoms with van der Waals surface area (Å²) in [6.45, 7) is 3.38. The van der Waals surface area contributed by atoms with Crippen LogP contribution in [0.2, 0.25) is 0 Å². The molecule has 4 nitrogen and oxygen atoms in total. The Labute approximate surface area is 96.7 Å². The number of aliphatic hydroxyl groups excluding tert-OH is 1. The smallest absolute Gasteiger partial charge is 0.0613 e. The molecule has 16 heavy (non-hydrogen) atoms. The lowest BCUT2D eigenvalue weighted by molar-refractivity contribution is 0.0769. The van der Waals surface area contributed by atoms with Gasteiger partial charge in [-0.2, -0.15) is 5.10 Å². The number of aliphatic hydroxyl groups is 1. The first-order chi connectivity index (χ1) is 7.74. The average Bonchev–Trinajstić information content (AvgIpc) is 2.73. The minimum absolute atomic E-state index is 0.0174. The normalized spacial score (nSPS) is 20.4. The van der Waals surface area contributed by atoms with Crippen LogP contribution in [0.4, 0.5) is 0 Å². The Balaban J connectivity index is 1.73. The molecule has 4 heteroatoms. The molecular weight excluding hydrogens is 202 g/mol. The second kappa shape index (κ2) is 4.97. The summed E-state index contributed by atoms with van der Waals surface area (Å²) in [7, 11) is 0. The molecule has 0 bridgehead atoms. The fourth-order valence-electron chi connectivity index (χ4n) is 2.31. The van der Waals surface area contributed by atoms with Crippen LogP contribution in [0, 0.1) is 0 Å². The van der Waals surface area contributed by atoms with Crippen molar-refractivity contribution in [1.82, 2.24) is 15.1 Å². The van der Waals surface area contributed by atoms with Crippen molar-refractivity contribution in [3.05, 3.63) is 18.5 Å². The van der Waals surface area contributed by atoms with E-state index in [0.29, 0.717) is 6.04 Å². The molecule has 1 heterocycles. The van der Waals surface area contributed by atoms with Gasteiger partial charge in [-0.05, 0) is 38.7 Å². The summed E-state index contributed by atoms with van der Waals surface area (Å²) in [5.41, 5.74) is 0.0174. The first-order valence-electron chi connectivity index (χ1n) is 6.10. The van der Waals surface area contributed by atoms with E-state index in [1.807, 2.05) is 16.9 Å². The molecule has 1 aliphatic carbocycles. The number of nitrogens with zero attached hydrogens (tertiary/aromatic N) is 2. The van der Waals surface area contributed by atoms with Gasteiger partial charge in [-0.3, -0.25) is 4.68 Å². The predicted molar refractivity (Wildman–Crippen MR) is 63.1 cm³/mol. The van der Waals surface area contributed by atoms with Gasteiger partial charge in [0.2, 0.25) is 0 Å². The Hall–Kier alpha value is -0.870. The third-order valence-electron chi connectivity index (χ3n) is 3.52. The third kappa shape index (κ3) is 2.62. The van der Waals surface area contributed by atoms with Crippen LogP contribution < -0.4 is 5.32 Å². The van der Waals surface area contributed by atoms with Crippen LogP contribution in [0.25, 0.3) is 0 Å². The molecule has 1 aliphatic rings. The van der Waals surface area contributed by atoms with E-state index in [0.717, 1.165) is 25.8 Å². The summed E-state index contributed by atoms with van der Waals surface area (Å²) in [5, 5.41) is 17.1. The highest BCUT2D eigenvalue weighted by Gasteiger charge is 2.36. The number of aryl methyl sites for hydroxylation is 1. The Morgan fingerprint density at radius 1 is 1.56 bits per heavy atom. The molecule has 2 N–H and O–H groups in total. The standard InChI is InChI=1S/C12H21N3O/c1-11(4-9-15-8-3-7-13-15)14-12(10-16)5-2-6-12/h3,7-8,11,14,16H,2,4-6,9-10H2,1H3. The van der Waals surface area contributed by atoms with E-state index in [2.05, 4.69) is 17.3 Å². The molecule has 1 fully saturated rings. The second-order valence-corrected chi connectivity index (χ2v) is 4.90. The molecule has 1 saturated carbocycles. The molecule has 0 aliphatic heterocycles. The third-order valence-corrected chi connectivity index (χ3v) is 3.52. The van der Waals surface area contributed by atoms with Gasteiger partial charge in [0.05, 0.1) is 6.61 Å². The van der Waals surface area contributed by atoms with Crippen molar-refractivity contribution in [2.75, 3.05) is 6.61 Å². The van der Waals surface area contributed by atoms with E-state index in [1.165, 1.54) is 6.42 Å². The number of nitrogens with one attached hydrogen (secondary N) is 1. The van der Waals surface area contributed by atoms with E-state index in [-0.39, 0.29) is 12.1 Å². The second-order valence-electron chi connectivity index (χ2n) is 4.90. The van der Waals surface area contributed by atoms with Crippen LogP contribution in [-0.2, 0) is 6.54 Å². The van der Waals surface area contributed by atoms with Crippen LogP contribution in [-0.4, -0.2) is 33.1 Å². The highest BCUT2D eigenvalue weighted by molar-refractivity contribution is 4.96. The summed E-state index contributed by atoms with van der Waals surface area (Å²) in [5.74, 6) is 0. The first-order valence-corrected chi connectivity index (χ1v) is 6.10. The molecule has 0 amide bonds. The fraction of sp³-hybridized carbons (Fsp3) is 0.750. The maximum atomic E-state index is 9.36. The lowest BCUT2D eigenvalue weighted by atomic mass is 9.77. The van der Waals surface area contributed by atoms with E-state index >= 15 is 0 Å². The molecule has 90 valence electrons. The first kappa shape index (κ1) is 11.6. The fourth-order valence-corrected chi connectivity index (χ4v) is 2.31. The summed E-state index contributed by atoms with van der Waals surface area (Å²) >= 11 is 0. The lowest BCUT2D eigenvalue weighted by Crippen LogP contribution is -2.57. The molecule has 0 saturated heterocycles. The SMILES string of the molecule is CC(CCn1cccn1)NC1(CO)CCC1. The molecule has 0 spiro atoms. The van der Waals surface area contributed by atoms with Gasteiger partial charge in [-0.15, -0.1) is 0 Å². The molecular formula is C12H21N3O. The van der Waals surface area contributed by atoms with Gasteiger partial charge in [0.15, 0.2) is 0 Å². The van der Waals surface area contributed by atoms with Crippen LogP contribution in [0.3, 0.4) is 0 Å². The minimum Gasteiger partial charge on any atom is -0.394 e. The van der Waals surface area contributed by atoms with Crippen molar-refractivity contribution < 1.29 is 5.11 Å². The Kier molecular flexibility index (Phi) is 3.61. The Morgan fingerprint density at radius 3 is 2.88 bits per heavy atom. The molecule has 1 aromatic rings. The number of hydrogen-bond donors (Lipinski definition) is 2. The molecule has 0 aromatic carbocycles. The summed E-state index contributed by atoms with van der Waals surface area (Å²) in [6, 6.07) is 2.37. The highest BCUT2D eigenvalue weighted by atomic mass is 16.3. The van der Waals surface area contributed by atoms with E-state index in [9.17, 15) is 5.11 Å². The van der Waals surface area contributed by atoms with Crippen molar-refractivity contribution >= 4 is 0 Å². The Morgan fingerprint density at radius 2 is 2.38 bits per heavy atom. The summed E-state index contributed by atoms with van der Waals surface area (Å²) < 4.78 is 1.95. The summed E-state index contributed by atoms with van der Waals surface area (Å²) in [4.78, 5) is 0. The zero-order chi connectivity index (χ0) is 11.4. The largest absolute Gasteiger partial charge is 0.394 e. The maximum absolute atomic E-state index is 9.36. The monoisotopic (exact) mass is 223 g/mol. The summed E-state index contributed by atoms with van der Waals surface area (Å²) in [6.07, 6.45) is 8.28. The Bertz CT molecular complexity index is 301. The van der Waals surface area contributed by atoms with Crippen molar-refractivity contribution in [1.29, 1.82) is 0 Å². The van der Waals surface area contributed by atoms with Gasteiger partial charge in [-0.25, -0.2) is 0 Å². The molecule has 1 atom stereocenters. The van der Waals surface area contributed by atoms with E-state index in [4.69, 9.17) is 0 Å². The lowest BCUT2D eigenvalue weighted by Gasteiger charge is -2.43. The van der Waals surface area contributed by atoms with Crippen molar-refractivity contribution in [2.24, 2.45) is 0 Å². The van der Waals surface area contributed by atoms with Crippen LogP contribution in [0.15, 0.2) is 18.5 Å². The molecule has 1 aromatic heterocycles. The van der Waals surface area contributed by atoms with E-state index < -0.39 is 0 Å². The average molecular weight is 223 g/mol. The van der Waals surface area contributed by atoms with Gasteiger partial charge in [0, 0.05) is 30.5 Å². The molecule has 0 radical (unpaired) electrons. The van der Waals surface area contributed by atoms with Gasteiger partial charge in [-0.1, -0.05) is 0 Å². The van der Waals surface area contributed by atoms with Gasteiger partial charge in [0.1, 0.15) is 0 Å². The van der Waals surface area contributed by atoms with Crippen molar-refractivity contribution in [2.45, 2.75) is 50.7 Å². The van der Waals surface area contributed by atoms with Gasteiger partial charge >= 0.3 is 0 Å². The van der Waals surface area contributed by atoms with Crippen molar-refractivity contribution in [3.8, 4) is 0 Å². The van der Waals surface area contributed by atoms with Crippen LogP contribution >= 0.6 is 0 Å². The number of rotatable bonds is 6. The van der Waals surface area contributed by atoms with Crippen LogP contribution in [0.1, 0.15) is 32.6 Å². The van der Waals surface area contributed by atoms with Gasteiger partial charge < -0.3 is 10.4 Å². The predicted octanol–water partition coefficient (Wildman–Crippen LogP) is 1.17. The minimum atomic E-state index is 0.0174. The quantitative estimate of drug-likeness (QED) is 0.761. The van der Waals surface area contributed by atoms with E-state index in [1.54, 1.807) is 6.20 Å². The zero-order valence-corrected chi connectivity index (χ0v) is 9.89. The maximum Gasteiger partial charge on any atom is 0.0613 e. The molecule has 1 unspecified atom stereocenters. The zero-order valence-electron chi connectivity index (χ0n) is 9.89. The number of aromatic nitrogens is 2. The molecule has 2 rings (SSSR count). The van der Waals surface area contributed by atoms with Crippen LogP contribution in [0.5, 0.6) is 0 Å². The topological polar surface area (TPSA) is 50.1 Å². The van der Waals surface area contributed by atoms with Gasteiger partial charge in [0.25, 0.3) is 0 Å². The number of hydrogen-bond acceptors (Lipinski definition) is 3. The van der Waals surface area contributed by atoms with Crippen molar-refractivity contribution in [3.63, 3.8) is 0 Å². The highest BCUT2D eigenvalue weighted by Crippen LogP contribution is 2.31.